The summed E-state index contributed by atoms with van der Waals surface area (Å²) in [6.45, 7) is 5.20. The van der Waals surface area contributed by atoms with Crippen LogP contribution in [0.1, 0.15) is 136 Å². The van der Waals surface area contributed by atoms with E-state index in [1.807, 2.05) is 5.57 Å². The molecule has 12 rings (SSSR count). The second kappa shape index (κ2) is 15.2. The SMILES string of the molecule is CC1(C)C2CC=C(N3C4CCC(C5CCC6C(C5)C5C=CC=CC5N6C5CC(C6=CC=CCC6)=NC(C6C=CCCC6)C5)=CC4C4CCCCC43)C=C2C2C=CCCC21. The van der Waals surface area contributed by atoms with Crippen molar-refractivity contribution in [1.29, 1.82) is 0 Å². The molecule has 0 aromatic rings. The molecule has 5 fully saturated rings. The Bertz CT molecular complexity index is 1980. The van der Waals surface area contributed by atoms with E-state index < -0.39 is 0 Å². The molecule has 15 unspecified atom stereocenters. The highest BCUT2D eigenvalue weighted by Crippen LogP contribution is 2.61. The summed E-state index contributed by atoms with van der Waals surface area (Å²) in [5.74, 6) is 6.66. The van der Waals surface area contributed by atoms with Gasteiger partial charge in [-0.1, -0.05) is 117 Å². The Morgan fingerprint density at radius 2 is 1.64 bits per heavy atom. The van der Waals surface area contributed by atoms with Crippen LogP contribution in [0.5, 0.6) is 0 Å². The van der Waals surface area contributed by atoms with Crippen molar-refractivity contribution in [3.63, 3.8) is 0 Å². The zero-order valence-corrected chi connectivity index (χ0v) is 36.5. The standard InChI is InChI=1S/C56H73N3/c1-56(2)48-22-12-9-19-42(48)45-33-40(27-28-49(45)56)58-52-23-13-10-20-43(52)46-31-38(25-29-54(46)58)39-26-30-55-47(32-39)44-21-11-14-24-53(44)59(55)41-34-50(36-15-5-3-6-16-36)57-51(35-41)37-17-7-4-8-18-37/h3,5,7,9,11,14-15,17,19,21,24,27,31,33,37,39,41-44,46-49,51-55H,4,6,8,10,12-13,16,18,20,22-23,25-26,28-30,32,34-35H2,1-2H3. The second-order valence-electron chi connectivity index (χ2n) is 22.3. The molecule has 15 atom stereocenters. The van der Waals surface area contributed by atoms with Crippen molar-refractivity contribution in [2.75, 3.05) is 0 Å². The fourth-order valence-corrected chi connectivity index (χ4v) is 16.8. The summed E-state index contributed by atoms with van der Waals surface area (Å²) in [5.41, 5.74) is 8.72. The maximum absolute atomic E-state index is 5.64. The van der Waals surface area contributed by atoms with E-state index >= 15 is 0 Å². The average Bonchev–Trinajstić information content (AvgIpc) is 3.89. The summed E-state index contributed by atoms with van der Waals surface area (Å²) in [4.78, 5) is 11.8. The van der Waals surface area contributed by atoms with Gasteiger partial charge in [0, 0.05) is 65.8 Å². The van der Waals surface area contributed by atoms with Crippen molar-refractivity contribution in [1.82, 2.24) is 9.80 Å². The first-order valence-corrected chi connectivity index (χ1v) is 25.3. The minimum absolute atomic E-state index is 0.416. The van der Waals surface area contributed by atoms with E-state index in [1.54, 1.807) is 11.3 Å². The lowest BCUT2D eigenvalue weighted by Gasteiger charge is -2.45. The molecule has 0 spiro atoms. The van der Waals surface area contributed by atoms with Crippen LogP contribution in [0, 0.1) is 58.7 Å². The third-order valence-corrected chi connectivity index (χ3v) is 19.4. The number of nitrogens with zero attached hydrogens (tertiary/aromatic N) is 3. The molecule has 3 heteroatoms. The monoisotopic (exact) mass is 788 g/mol. The third kappa shape index (κ3) is 6.29. The predicted octanol–water partition coefficient (Wildman–Crippen LogP) is 12.8. The van der Waals surface area contributed by atoms with Gasteiger partial charge in [-0.05, 0) is 155 Å². The normalized spacial score (nSPS) is 45.6. The molecule has 0 aromatic carbocycles. The van der Waals surface area contributed by atoms with E-state index in [0.29, 0.717) is 53.4 Å². The fraction of sp³-hybridized carbons (Fsp3) is 0.661. The molecule has 0 N–H and O–H groups in total. The molecule has 0 bridgehead atoms. The van der Waals surface area contributed by atoms with Gasteiger partial charge in [0.2, 0.25) is 0 Å². The number of aliphatic imine (C=N–C) groups is 1. The summed E-state index contributed by atoms with van der Waals surface area (Å²) in [5, 5.41) is 0. The third-order valence-electron chi connectivity index (χ3n) is 19.4. The van der Waals surface area contributed by atoms with E-state index in [1.165, 1.54) is 127 Å². The van der Waals surface area contributed by atoms with E-state index in [4.69, 9.17) is 4.99 Å². The van der Waals surface area contributed by atoms with Gasteiger partial charge in [-0.15, -0.1) is 0 Å². The van der Waals surface area contributed by atoms with E-state index in [2.05, 4.69) is 109 Å². The van der Waals surface area contributed by atoms with Gasteiger partial charge >= 0.3 is 0 Å². The number of hydrogen-bond acceptors (Lipinski definition) is 3. The van der Waals surface area contributed by atoms with Crippen molar-refractivity contribution < 1.29 is 0 Å². The van der Waals surface area contributed by atoms with Crippen LogP contribution in [-0.4, -0.2) is 51.8 Å². The molecule has 3 heterocycles. The van der Waals surface area contributed by atoms with E-state index in [0.717, 1.165) is 48.0 Å². The summed E-state index contributed by atoms with van der Waals surface area (Å²) < 4.78 is 0. The molecular formula is C56H73N3. The van der Waals surface area contributed by atoms with Crippen LogP contribution in [0.15, 0.2) is 112 Å². The zero-order chi connectivity index (χ0) is 39.2. The van der Waals surface area contributed by atoms with Crippen molar-refractivity contribution in [2.45, 2.75) is 172 Å². The molecule has 3 nitrogen and oxygen atoms in total. The highest BCUT2D eigenvalue weighted by atomic mass is 15.3. The molecule has 59 heavy (non-hydrogen) atoms. The fourth-order valence-electron chi connectivity index (χ4n) is 16.8. The van der Waals surface area contributed by atoms with Gasteiger partial charge in [-0.3, -0.25) is 9.89 Å². The van der Waals surface area contributed by atoms with E-state index in [9.17, 15) is 0 Å². The van der Waals surface area contributed by atoms with Gasteiger partial charge in [0.25, 0.3) is 0 Å². The molecule has 12 aliphatic rings. The Morgan fingerprint density at radius 3 is 2.54 bits per heavy atom. The van der Waals surface area contributed by atoms with Gasteiger partial charge in [0.15, 0.2) is 0 Å². The number of likely N-dealkylation sites (tertiary alicyclic amines) is 2. The minimum atomic E-state index is 0.416. The lowest BCUT2D eigenvalue weighted by molar-refractivity contribution is 0.0894. The summed E-state index contributed by atoms with van der Waals surface area (Å²) in [6.07, 6.45) is 60.9. The van der Waals surface area contributed by atoms with Crippen LogP contribution in [0.3, 0.4) is 0 Å². The largest absolute Gasteiger partial charge is 0.365 e. The summed E-state index contributed by atoms with van der Waals surface area (Å²) in [7, 11) is 0. The lowest BCUT2D eigenvalue weighted by Crippen LogP contribution is -2.50. The first-order valence-electron chi connectivity index (χ1n) is 25.3. The van der Waals surface area contributed by atoms with Crippen molar-refractivity contribution in [2.24, 2.45) is 63.7 Å². The first kappa shape index (κ1) is 37.8. The van der Waals surface area contributed by atoms with Gasteiger partial charge in [-0.2, -0.15) is 0 Å². The molecule has 0 radical (unpaired) electrons. The maximum atomic E-state index is 5.64. The van der Waals surface area contributed by atoms with Gasteiger partial charge in [0.05, 0.1) is 6.04 Å². The Balaban J connectivity index is 0.802. The van der Waals surface area contributed by atoms with Crippen LogP contribution in [-0.2, 0) is 0 Å². The maximum Gasteiger partial charge on any atom is 0.0580 e. The molecule has 3 saturated carbocycles. The molecular weight excluding hydrogens is 715 g/mol. The van der Waals surface area contributed by atoms with Crippen LogP contribution >= 0.6 is 0 Å². The number of rotatable bonds is 5. The number of fused-ring (bicyclic) bond motifs is 9. The van der Waals surface area contributed by atoms with Crippen LogP contribution in [0.25, 0.3) is 0 Å². The quantitative estimate of drug-likeness (QED) is 0.259. The van der Waals surface area contributed by atoms with Crippen LogP contribution < -0.4 is 0 Å². The Kier molecular flexibility index (Phi) is 9.72. The number of allylic oxidation sites excluding steroid dienone is 13. The molecule has 0 amide bonds. The topological polar surface area (TPSA) is 18.8 Å². The predicted molar refractivity (Wildman–Crippen MR) is 245 cm³/mol. The summed E-state index contributed by atoms with van der Waals surface area (Å²) in [6, 6.07) is 3.75. The average molecular weight is 788 g/mol. The molecule has 312 valence electrons. The molecule has 0 aromatic heterocycles. The lowest BCUT2D eigenvalue weighted by atomic mass is 9.67. The zero-order valence-electron chi connectivity index (χ0n) is 36.5. The molecule has 2 saturated heterocycles. The van der Waals surface area contributed by atoms with Gasteiger partial charge in [-0.25, -0.2) is 0 Å². The van der Waals surface area contributed by atoms with Crippen molar-refractivity contribution in [3.8, 4) is 0 Å². The Labute approximate surface area is 357 Å². The summed E-state index contributed by atoms with van der Waals surface area (Å²) >= 11 is 0. The number of hydrogen-bond donors (Lipinski definition) is 0. The smallest absolute Gasteiger partial charge is 0.0580 e. The molecule has 9 aliphatic carbocycles. The first-order chi connectivity index (χ1) is 29.0. The highest BCUT2D eigenvalue weighted by Gasteiger charge is 2.56. The van der Waals surface area contributed by atoms with E-state index in [-0.39, 0.29) is 0 Å². The Morgan fingerprint density at radius 1 is 0.729 bits per heavy atom. The van der Waals surface area contributed by atoms with Crippen LogP contribution in [0.4, 0.5) is 0 Å². The van der Waals surface area contributed by atoms with Crippen molar-refractivity contribution >= 4 is 5.71 Å². The van der Waals surface area contributed by atoms with Gasteiger partial charge < -0.3 is 4.90 Å². The van der Waals surface area contributed by atoms with Gasteiger partial charge in [0.1, 0.15) is 0 Å². The minimum Gasteiger partial charge on any atom is -0.365 e. The van der Waals surface area contributed by atoms with Crippen LogP contribution in [0.2, 0.25) is 0 Å². The Hall–Kier alpha value is -2.91. The van der Waals surface area contributed by atoms with Crippen molar-refractivity contribution in [3.05, 3.63) is 107 Å². The highest BCUT2D eigenvalue weighted by molar-refractivity contribution is 6.01. The second-order valence-corrected chi connectivity index (χ2v) is 22.3. The molecule has 3 aliphatic heterocycles.